The lowest BCUT2D eigenvalue weighted by molar-refractivity contribution is -0.113. The number of pyridine rings is 1. The summed E-state index contributed by atoms with van der Waals surface area (Å²) >= 11 is 1.77. The van der Waals surface area contributed by atoms with Gasteiger partial charge in [0.25, 0.3) is 0 Å². The molecule has 3 aromatic rings. The van der Waals surface area contributed by atoms with E-state index in [0.29, 0.717) is 0 Å². The van der Waals surface area contributed by atoms with Crippen LogP contribution in [-0.2, 0) is 4.74 Å². The Bertz CT molecular complexity index is 1300. The van der Waals surface area contributed by atoms with Gasteiger partial charge in [0.2, 0.25) is 0 Å². The molecule has 5 nitrogen and oxygen atoms in total. The summed E-state index contributed by atoms with van der Waals surface area (Å²) in [4.78, 5) is 18.2. The maximum Gasteiger partial charge on any atom is 0.150 e. The third kappa shape index (κ3) is 12.2. The van der Waals surface area contributed by atoms with Crippen molar-refractivity contribution in [1.82, 2.24) is 15.0 Å². The quantitative estimate of drug-likeness (QED) is 0.257. The number of aromatic nitrogens is 3. The monoisotopic (exact) mass is 677 g/mol. The van der Waals surface area contributed by atoms with Crippen molar-refractivity contribution in [2.75, 3.05) is 31.2 Å². The molecule has 2 aliphatic rings. The highest BCUT2D eigenvalue weighted by molar-refractivity contribution is 7.25. The lowest BCUT2D eigenvalue weighted by atomic mass is 9.80. The largest absolute Gasteiger partial charge is 0.380 e. The molecular weight excluding hydrogens is 609 g/mol. The van der Waals surface area contributed by atoms with Crippen molar-refractivity contribution in [2.45, 2.75) is 180 Å². The second-order valence-corrected chi connectivity index (χ2v) is 16.7. The van der Waals surface area contributed by atoms with Crippen LogP contribution in [0.15, 0.2) is 18.6 Å². The Balaban J connectivity index is 1.17. The molecule has 48 heavy (non-hydrogen) atoms. The van der Waals surface area contributed by atoms with Crippen LogP contribution in [0.3, 0.4) is 0 Å². The van der Waals surface area contributed by atoms with Gasteiger partial charge in [0, 0.05) is 30.1 Å². The van der Waals surface area contributed by atoms with Gasteiger partial charge in [-0.3, -0.25) is 0 Å². The third-order valence-corrected chi connectivity index (χ3v) is 12.4. The van der Waals surface area contributed by atoms with E-state index in [1.54, 1.807) is 17.7 Å². The van der Waals surface area contributed by atoms with Crippen LogP contribution >= 0.6 is 11.3 Å². The van der Waals surface area contributed by atoms with Gasteiger partial charge in [-0.05, 0) is 31.4 Å². The van der Waals surface area contributed by atoms with Gasteiger partial charge in [0.15, 0.2) is 0 Å². The van der Waals surface area contributed by atoms with Crippen LogP contribution in [0.1, 0.15) is 179 Å². The van der Waals surface area contributed by atoms with Crippen molar-refractivity contribution in [2.24, 2.45) is 5.41 Å². The van der Waals surface area contributed by atoms with Crippen molar-refractivity contribution in [3.8, 4) is 0 Å². The number of hydrogen-bond donors (Lipinski definition) is 0. The summed E-state index contributed by atoms with van der Waals surface area (Å²) in [5.74, 6) is 1.12. The minimum atomic E-state index is 0.252. The molecule has 268 valence electrons. The molecule has 0 saturated carbocycles. The fraction of sp³-hybridized carbons (Fsp3) is 0.786. The molecule has 0 aliphatic carbocycles. The molecular formula is C42H68N4OS. The Morgan fingerprint density at radius 2 is 1.08 bits per heavy atom. The lowest BCUT2D eigenvalue weighted by Gasteiger charge is -2.45. The summed E-state index contributed by atoms with van der Waals surface area (Å²) in [5, 5.41) is 1.17. The number of aryl methyl sites for hydroxylation is 1. The standard InChI is InChI=1S/C42H68N4OS/c1-36-30-37-38-39(48-41(37)43-31-36)40(45-35-44-38)46-29-27-25-23-21-19-17-15-13-11-9-7-5-3-2-4-6-8-10-12-14-16-18-20-22-24-26-28-42(32-46)33-47-34-42/h30-31,35H,2-29,32-34H2,1H3. The second-order valence-electron chi connectivity index (χ2n) is 15.7. The van der Waals surface area contributed by atoms with Crippen LogP contribution < -0.4 is 4.90 Å². The van der Waals surface area contributed by atoms with Crippen LogP contribution in [0, 0.1) is 12.3 Å². The van der Waals surface area contributed by atoms with E-state index >= 15 is 0 Å². The highest BCUT2D eigenvalue weighted by Gasteiger charge is 2.40. The van der Waals surface area contributed by atoms with E-state index in [2.05, 4.69) is 17.9 Å². The maximum absolute atomic E-state index is 5.94. The summed E-state index contributed by atoms with van der Waals surface area (Å²) in [6, 6.07) is 2.24. The molecule has 3 aromatic heterocycles. The zero-order valence-corrected chi connectivity index (χ0v) is 31.6. The maximum atomic E-state index is 5.94. The number of anilines is 1. The van der Waals surface area contributed by atoms with Crippen LogP contribution in [-0.4, -0.2) is 41.3 Å². The summed E-state index contributed by atoms with van der Waals surface area (Å²) in [7, 11) is 0. The van der Waals surface area contributed by atoms with Gasteiger partial charge in [-0.2, -0.15) is 0 Å². The molecule has 2 fully saturated rings. The van der Waals surface area contributed by atoms with E-state index in [1.807, 2.05) is 6.20 Å². The first-order chi connectivity index (χ1) is 23.7. The fourth-order valence-electron chi connectivity index (χ4n) is 8.20. The van der Waals surface area contributed by atoms with E-state index in [4.69, 9.17) is 19.7 Å². The number of ether oxygens (including phenoxy) is 1. The van der Waals surface area contributed by atoms with Crippen molar-refractivity contribution >= 4 is 37.6 Å². The molecule has 6 heteroatoms. The van der Waals surface area contributed by atoms with Crippen molar-refractivity contribution in [1.29, 1.82) is 0 Å². The number of hydrogen-bond acceptors (Lipinski definition) is 6. The normalized spacial score (nSPS) is 22.2. The van der Waals surface area contributed by atoms with Gasteiger partial charge >= 0.3 is 0 Å². The summed E-state index contributed by atoms with van der Waals surface area (Å²) in [6.45, 7) is 6.01. The highest BCUT2D eigenvalue weighted by Crippen LogP contribution is 2.40. The Kier molecular flexibility index (Phi) is 16.7. The highest BCUT2D eigenvalue weighted by atomic mass is 32.1. The Morgan fingerprint density at radius 3 is 1.56 bits per heavy atom. The smallest absolute Gasteiger partial charge is 0.150 e. The minimum absolute atomic E-state index is 0.252. The van der Waals surface area contributed by atoms with Crippen LogP contribution in [0.25, 0.3) is 20.4 Å². The molecule has 0 unspecified atom stereocenters. The van der Waals surface area contributed by atoms with Crippen molar-refractivity contribution < 1.29 is 4.74 Å². The van der Waals surface area contributed by atoms with E-state index in [1.165, 1.54) is 189 Å². The number of rotatable bonds is 1. The predicted octanol–water partition coefficient (Wildman–Crippen LogP) is 12.9. The molecule has 0 amide bonds. The van der Waals surface area contributed by atoms with Crippen LogP contribution in [0.5, 0.6) is 0 Å². The Labute approximate surface area is 297 Å². The summed E-state index contributed by atoms with van der Waals surface area (Å²) in [5.41, 5.74) is 2.51. The zero-order valence-electron chi connectivity index (χ0n) is 30.8. The van der Waals surface area contributed by atoms with Crippen LogP contribution in [0.2, 0.25) is 0 Å². The van der Waals surface area contributed by atoms with E-state index in [0.717, 1.165) is 42.5 Å². The topological polar surface area (TPSA) is 51.1 Å². The fourth-order valence-corrected chi connectivity index (χ4v) is 9.29. The molecule has 2 saturated heterocycles. The predicted molar refractivity (Wildman–Crippen MR) is 208 cm³/mol. The first-order valence-electron chi connectivity index (χ1n) is 20.6. The molecule has 0 N–H and O–H groups in total. The molecule has 5 heterocycles. The summed E-state index contributed by atoms with van der Waals surface area (Å²) < 4.78 is 7.14. The molecule has 2 aliphatic heterocycles. The summed E-state index contributed by atoms with van der Waals surface area (Å²) in [6.07, 6.45) is 41.9. The van der Waals surface area contributed by atoms with Gasteiger partial charge in [0.05, 0.1) is 23.4 Å². The zero-order chi connectivity index (χ0) is 33.1. The molecule has 0 radical (unpaired) electrons. The molecule has 5 rings (SSSR count). The van der Waals surface area contributed by atoms with Gasteiger partial charge in [0.1, 0.15) is 17.0 Å². The van der Waals surface area contributed by atoms with E-state index in [9.17, 15) is 0 Å². The first-order valence-corrected chi connectivity index (χ1v) is 21.4. The van der Waals surface area contributed by atoms with Crippen molar-refractivity contribution in [3.05, 3.63) is 24.2 Å². The van der Waals surface area contributed by atoms with Gasteiger partial charge in [-0.15, -0.1) is 11.3 Å². The molecule has 0 atom stereocenters. The van der Waals surface area contributed by atoms with Gasteiger partial charge in [-0.25, -0.2) is 15.0 Å². The van der Waals surface area contributed by atoms with Crippen molar-refractivity contribution in [3.63, 3.8) is 0 Å². The number of fused-ring (bicyclic) bond motifs is 3. The minimum Gasteiger partial charge on any atom is -0.380 e. The van der Waals surface area contributed by atoms with E-state index in [-0.39, 0.29) is 5.41 Å². The molecule has 0 bridgehead atoms. The number of thiophene rings is 1. The van der Waals surface area contributed by atoms with Gasteiger partial charge < -0.3 is 9.64 Å². The van der Waals surface area contributed by atoms with E-state index < -0.39 is 0 Å². The van der Waals surface area contributed by atoms with Gasteiger partial charge in [-0.1, -0.05) is 161 Å². The Hall–Kier alpha value is -1.79. The van der Waals surface area contributed by atoms with Crippen LogP contribution in [0.4, 0.5) is 5.82 Å². The SMILES string of the molecule is Cc1cnc2sc3c(N4CCCCCCCCCCCCCCCCCCCCCCCCCCCCC5(COC5)C4)ncnc3c2c1. The third-order valence-electron chi connectivity index (χ3n) is 11.3. The molecule has 0 aromatic carbocycles. The molecule has 1 spiro atoms. The lowest BCUT2D eigenvalue weighted by Crippen LogP contribution is -2.51. The number of nitrogens with zero attached hydrogens (tertiary/aromatic N) is 4. The Morgan fingerprint density at radius 1 is 0.604 bits per heavy atom. The second kappa shape index (κ2) is 21.4. The first kappa shape index (κ1) is 37.5. The average Bonchev–Trinajstić information content (AvgIpc) is 3.45. The average molecular weight is 677 g/mol.